The lowest BCUT2D eigenvalue weighted by atomic mass is 10.0. The summed E-state index contributed by atoms with van der Waals surface area (Å²) in [6, 6.07) is 9.59. The smallest absolute Gasteiger partial charge is 0.327 e. The summed E-state index contributed by atoms with van der Waals surface area (Å²) >= 11 is 4.20. The number of carbonyl (C=O) groups is 2. The largest absolute Gasteiger partial charge is 0.480 e. The Morgan fingerprint density at radius 2 is 2.05 bits per heavy atom. The number of benzene rings is 1. The molecule has 1 heterocycles. The van der Waals surface area contributed by atoms with Gasteiger partial charge in [0.25, 0.3) is 5.95 Å². The highest BCUT2D eigenvalue weighted by atomic mass is 32.1. The van der Waals surface area contributed by atoms with Crippen LogP contribution in [0.25, 0.3) is 0 Å². The highest BCUT2D eigenvalue weighted by Gasteiger charge is 2.19. The molecule has 1 aromatic carbocycles. The fraction of sp³-hybridized carbons (Fsp3) is 0.308. The molecule has 22 heavy (non-hydrogen) atoms. The van der Waals surface area contributed by atoms with Crippen LogP contribution in [-0.2, 0) is 22.6 Å². The van der Waals surface area contributed by atoms with Crippen LogP contribution in [0.2, 0.25) is 0 Å². The highest BCUT2D eigenvalue weighted by Crippen LogP contribution is 2.12. The molecule has 116 valence electrons. The topological polar surface area (TPSA) is 110 Å². The average molecular weight is 321 g/mol. The van der Waals surface area contributed by atoms with Crippen molar-refractivity contribution < 1.29 is 14.7 Å². The summed E-state index contributed by atoms with van der Waals surface area (Å²) in [5.41, 5.74) is 1.03. The monoisotopic (exact) mass is 321 g/mol. The summed E-state index contributed by atoms with van der Waals surface area (Å²) in [6.45, 7) is -0.414. The molecule has 2 N–H and O–H groups in total. The maximum absolute atomic E-state index is 12.2. The molecule has 1 atom stereocenters. The van der Waals surface area contributed by atoms with Crippen LogP contribution in [0.4, 0.5) is 5.95 Å². The number of rotatable bonds is 7. The van der Waals surface area contributed by atoms with Gasteiger partial charge in [-0.3, -0.25) is 14.9 Å². The van der Waals surface area contributed by atoms with Crippen molar-refractivity contribution in [3.63, 3.8) is 0 Å². The Hall–Kier alpha value is -2.42. The fourth-order valence-corrected chi connectivity index (χ4v) is 2.13. The number of thiol groups is 1. The van der Waals surface area contributed by atoms with Gasteiger partial charge in [0.1, 0.15) is 0 Å². The predicted molar refractivity (Wildman–Crippen MR) is 81.6 cm³/mol. The second-order valence-corrected chi connectivity index (χ2v) is 4.96. The lowest BCUT2D eigenvalue weighted by molar-refractivity contribution is -0.138. The van der Waals surface area contributed by atoms with Crippen LogP contribution in [-0.4, -0.2) is 42.9 Å². The SMILES string of the molecule is O=C(O)Cn1nnc(NC(=O)[C@@H](CS)Cc2ccccc2)n1. The molecule has 9 heteroatoms. The Balaban J connectivity index is 1.97. The number of carboxylic acids is 1. The summed E-state index contributed by atoms with van der Waals surface area (Å²) in [6.07, 6.45) is 0.541. The third-order valence-corrected chi connectivity index (χ3v) is 3.32. The van der Waals surface area contributed by atoms with E-state index in [9.17, 15) is 9.59 Å². The van der Waals surface area contributed by atoms with Crippen LogP contribution < -0.4 is 5.32 Å². The number of anilines is 1. The molecule has 1 amide bonds. The number of aromatic nitrogens is 4. The summed E-state index contributed by atoms with van der Waals surface area (Å²) in [5.74, 6) is -1.38. The van der Waals surface area contributed by atoms with Gasteiger partial charge < -0.3 is 5.11 Å². The van der Waals surface area contributed by atoms with Crippen molar-refractivity contribution in [2.75, 3.05) is 11.1 Å². The van der Waals surface area contributed by atoms with E-state index in [0.717, 1.165) is 10.4 Å². The number of tetrazole rings is 1. The van der Waals surface area contributed by atoms with E-state index in [4.69, 9.17) is 5.11 Å². The van der Waals surface area contributed by atoms with E-state index in [0.29, 0.717) is 12.2 Å². The summed E-state index contributed by atoms with van der Waals surface area (Å²) in [5, 5.41) is 22.0. The first-order valence-electron chi connectivity index (χ1n) is 6.53. The number of aliphatic carboxylic acids is 1. The van der Waals surface area contributed by atoms with Gasteiger partial charge in [-0.1, -0.05) is 35.4 Å². The zero-order valence-corrected chi connectivity index (χ0v) is 12.5. The third-order valence-electron chi connectivity index (χ3n) is 2.88. The first kappa shape index (κ1) is 16.0. The van der Waals surface area contributed by atoms with Gasteiger partial charge >= 0.3 is 5.97 Å². The molecule has 0 saturated heterocycles. The Morgan fingerprint density at radius 3 is 2.68 bits per heavy atom. The van der Waals surface area contributed by atoms with Crippen LogP contribution in [0, 0.1) is 5.92 Å². The standard InChI is InChI=1S/C13H15N5O3S/c19-11(20)7-18-16-13(15-17-18)14-12(21)10(8-22)6-9-4-2-1-3-5-9/h1-5,10,22H,6-8H2,(H,19,20)(H,14,16,21)/t10-/m1/s1. The molecule has 0 fully saturated rings. The van der Waals surface area contributed by atoms with E-state index >= 15 is 0 Å². The number of carbonyl (C=O) groups excluding carboxylic acids is 1. The molecule has 8 nitrogen and oxygen atoms in total. The molecule has 0 radical (unpaired) electrons. The van der Waals surface area contributed by atoms with Gasteiger partial charge in [0, 0.05) is 5.75 Å². The molecule has 0 spiro atoms. The molecule has 0 aliphatic heterocycles. The van der Waals surface area contributed by atoms with Crippen molar-refractivity contribution in [2.24, 2.45) is 5.92 Å². The second-order valence-electron chi connectivity index (χ2n) is 4.60. The van der Waals surface area contributed by atoms with Crippen molar-refractivity contribution in [1.82, 2.24) is 20.2 Å². The third kappa shape index (κ3) is 4.55. The lowest BCUT2D eigenvalue weighted by Crippen LogP contribution is -2.26. The van der Waals surface area contributed by atoms with E-state index < -0.39 is 12.5 Å². The quantitative estimate of drug-likeness (QED) is 0.640. The molecular weight excluding hydrogens is 306 g/mol. The van der Waals surface area contributed by atoms with Crippen molar-refractivity contribution in [3.8, 4) is 0 Å². The number of hydrogen-bond acceptors (Lipinski definition) is 6. The van der Waals surface area contributed by atoms with Gasteiger partial charge in [-0.25, -0.2) is 0 Å². The maximum Gasteiger partial charge on any atom is 0.327 e. The molecular formula is C13H15N5O3S. The zero-order valence-electron chi connectivity index (χ0n) is 11.6. The minimum absolute atomic E-state index is 0.0221. The van der Waals surface area contributed by atoms with Crippen LogP contribution in [0.3, 0.4) is 0 Å². The van der Waals surface area contributed by atoms with Crippen LogP contribution in [0.15, 0.2) is 30.3 Å². The fourth-order valence-electron chi connectivity index (χ4n) is 1.83. The Kier molecular flexibility index (Phi) is 5.48. The minimum atomic E-state index is -1.09. The second kappa shape index (κ2) is 7.55. The Labute approximate surface area is 131 Å². The Bertz CT molecular complexity index is 646. The minimum Gasteiger partial charge on any atom is -0.480 e. The van der Waals surface area contributed by atoms with E-state index in [-0.39, 0.29) is 17.8 Å². The first-order chi connectivity index (χ1) is 10.6. The molecule has 2 aromatic rings. The Morgan fingerprint density at radius 1 is 1.32 bits per heavy atom. The van der Waals surface area contributed by atoms with E-state index in [1.807, 2.05) is 30.3 Å². The van der Waals surface area contributed by atoms with Gasteiger partial charge in [0.15, 0.2) is 6.54 Å². The van der Waals surface area contributed by atoms with Crippen molar-refractivity contribution in [1.29, 1.82) is 0 Å². The van der Waals surface area contributed by atoms with Crippen LogP contribution >= 0.6 is 12.6 Å². The van der Waals surface area contributed by atoms with Crippen LogP contribution in [0.5, 0.6) is 0 Å². The number of nitrogens with one attached hydrogen (secondary N) is 1. The average Bonchev–Trinajstić information content (AvgIpc) is 2.92. The number of carboxylic acid groups (broad SMARTS) is 1. The molecule has 0 aliphatic rings. The number of hydrogen-bond donors (Lipinski definition) is 3. The maximum atomic E-state index is 12.2. The predicted octanol–water partition coefficient (Wildman–Crippen LogP) is 0.485. The van der Waals surface area contributed by atoms with Gasteiger partial charge in [-0.2, -0.15) is 17.4 Å². The van der Waals surface area contributed by atoms with Crippen molar-refractivity contribution >= 4 is 30.5 Å². The summed E-state index contributed by atoms with van der Waals surface area (Å²) in [4.78, 5) is 23.6. The zero-order chi connectivity index (χ0) is 15.9. The molecule has 0 aliphatic carbocycles. The number of amides is 1. The lowest BCUT2D eigenvalue weighted by Gasteiger charge is -2.12. The number of nitrogens with zero attached hydrogens (tertiary/aromatic N) is 4. The van der Waals surface area contributed by atoms with E-state index in [2.05, 4.69) is 33.4 Å². The van der Waals surface area contributed by atoms with Gasteiger partial charge in [0.05, 0.1) is 5.92 Å². The first-order valence-corrected chi connectivity index (χ1v) is 7.17. The molecule has 2 rings (SSSR count). The van der Waals surface area contributed by atoms with Gasteiger partial charge in [0.2, 0.25) is 5.91 Å². The molecule has 0 unspecified atom stereocenters. The van der Waals surface area contributed by atoms with Crippen molar-refractivity contribution in [3.05, 3.63) is 35.9 Å². The van der Waals surface area contributed by atoms with Gasteiger partial charge in [-0.05, 0) is 17.2 Å². The van der Waals surface area contributed by atoms with Gasteiger partial charge in [-0.15, -0.1) is 5.10 Å². The van der Waals surface area contributed by atoms with Crippen LogP contribution in [0.1, 0.15) is 5.56 Å². The van der Waals surface area contributed by atoms with E-state index in [1.54, 1.807) is 0 Å². The highest BCUT2D eigenvalue weighted by molar-refractivity contribution is 7.80. The summed E-state index contributed by atoms with van der Waals surface area (Å²) < 4.78 is 0. The normalized spacial score (nSPS) is 11.9. The summed E-state index contributed by atoms with van der Waals surface area (Å²) in [7, 11) is 0. The van der Waals surface area contributed by atoms with E-state index in [1.165, 1.54) is 0 Å². The molecule has 0 saturated carbocycles. The molecule has 0 bridgehead atoms. The van der Waals surface area contributed by atoms with Crippen molar-refractivity contribution in [2.45, 2.75) is 13.0 Å². The molecule has 1 aromatic heterocycles.